The van der Waals surface area contributed by atoms with Gasteiger partial charge in [0.05, 0.1) is 5.69 Å². The molecule has 4 nitrogen and oxygen atoms in total. The van der Waals surface area contributed by atoms with Crippen LogP contribution < -0.4 is 10.1 Å². The second-order valence-electron chi connectivity index (χ2n) is 4.91. The van der Waals surface area contributed by atoms with Gasteiger partial charge in [0.2, 0.25) is 5.88 Å². The van der Waals surface area contributed by atoms with Gasteiger partial charge in [-0.15, -0.1) is 5.10 Å². The van der Waals surface area contributed by atoms with Crippen molar-refractivity contribution in [2.45, 2.75) is 33.4 Å². The van der Waals surface area contributed by atoms with Gasteiger partial charge in [0.25, 0.3) is 0 Å². The lowest BCUT2D eigenvalue weighted by atomic mass is 10.2. The van der Waals surface area contributed by atoms with E-state index in [1.807, 2.05) is 37.3 Å². The van der Waals surface area contributed by atoms with Gasteiger partial charge in [-0.25, -0.2) is 0 Å². The van der Waals surface area contributed by atoms with E-state index in [1.165, 1.54) is 0 Å². The summed E-state index contributed by atoms with van der Waals surface area (Å²) in [4.78, 5) is 0. The normalized spacial score (nSPS) is 10.8. The fourth-order valence-electron chi connectivity index (χ4n) is 1.60. The number of hydrogen-bond donors (Lipinski definition) is 1. The Morgan fingerprint density at radius 2 is 2.00 bits per heavy atom. The molecule has 0 amide bonds. The van der Waals surface area contributed by atoms with Gasteiger partial charge in [-0.3, -0.25) is 0 Å². The summed E-state index contributed by atoms with van der Waals surface area (Å²) in [5, 5.41) is 11.5. The molecule has 2 aromatic rings. The molecule has 5 heteroatoms. The summed E-state index contributed by atoms with van der Waals surface area (Å²) in [7, 11) is 0. The van der Waals surface area contributed by atoms with E-state index in [0.717, 1.165) is 21.5 Å². The third-order valence-corrected chi connectivity index (χ3v) is 3.24. The molecule has 0 aliphatic heterocycles. The zero-order chi connectivity index (χ0) is 14.5. The SMILES string of the molecule is Cc1ccc(Br)cc1Oc1ccc(CNC(C)C)nn1. The third-order valence-electron chi connectivity index (χ3n) is 2.75. The summed E-state index contributed by atoms with van der Waals surface area (Å²) >= 11 is 3.43. The molecule has 0 radical (unpaired) electrons. The minimum Gasteiger partial charge on any atom is -0.437 e. The summed E-state index contributed by atoms with van der Waals surface area (Å²) in [6.07, 6.45) is 0. The van der Waals surface area contributed by atoms with Crippen molar-refractivity contribution < 1.29 is 4.74 Å². The van der Waals surface area contributed by atoms with Crippen LogP contribution in [0.2, 0.25) is 0 Å². The minimum absolute atomic E-state index is 0.428. The molecule has 0 bridgehead atoms. The summed E-state index contributed by atoms with van der Waals surface area (Å²) in [5.74, 6) is 1.28. The third kappa shape index (κ3) is 4.28. The highest BCUT2D eigenvalue weighted by Crippen LogP contribution is 2.26. The Balaban J connectivity index is 2.05. The van der Waals surface area contributed by atoms with E-state index >= 15 is 0 Å². The van der Waals surface area contributed by atoms with Gasteiger partial charge in [0, 0.05) is 23.1 Å². The molecule has 20 heavy (non-hydrogen) atoms. The predicted molar refractivity (Wildman–Crippen MR) is 83.0 cm³/mol. The van der Waals surface area contributed by atoms with Gasteiger partial charge in [0.1, 0.15) is 5.75 Å². The van der Waals surface area contributed by atoms with Gasteiger partial charge in [0.15, 0.2) is 0 Å². The molecule has 0 atom stereocenters. The highest BCUT2D eigenvalue weighted by atomic mass is 79.9. The van der Waals surface area contributed by atoms with Crippen LogP contribution in [0.4, 0.5) is 0 Å². The number of aryl methyl sites for hydroxylation is 1. The van der Waals surface area contributed by atoms with Crippen molar-refractivity contribution in [2.75, 3.05) is 0 Å². The van der Waals surface area contributed by atoms with Gasteiger partial charge in [-0.05, 0) is 30.7 Å². The van der Waals surface area contributed by atoms with E-state index < -0.39 is 0 Å². The van der Waals surface area contributed by atoms with E-state index in [-0.39, 0.29) is 0 Å². The van der Waals surface area contributed by atoms with Crippen molar-refractivity contribution in [3.05, 3.63) is 46.1 Å². The topological polar surface area (TPSA) is 47.0 Å². The Hall–Kier alpha value is -1.46. The fraction of sp³-hybridized carbons (Fsp3) is 0.333. The number of nitrogens with one attached hydrogen (secondary N) is 1. The number of rotatable bonds is 5. The van der Waals surface area contributed by atoms with Crippen molar-refractivity contribution in [3.8, 4) is 11.6 Å². The van der Waals surface area contributed by atoms with Crippen molar-refractivity contribution in [2.24, 2.45) is 0 Å². The van der Waals surface area contributed by atoms with Crippen molar-refractivity contribution in [3.63, 3.8) is 0 Å². The quantitative estimate of drug-likeness (QED) is 0.901. The lowest BCUT2D eigenvalue weighted by Gasteiger charge is -2.09. The van der Waals surface area contributed by atoms with Gasteiger partial charge < -0.3 is 10.1 Å². The molecular weight excluding hydrogens is 318 g/mol. The van der Waals surface area contributed by atoms with Gasteiger partial charge in [-0.1, -0.05) is 35.8 Å². The second kappa shape index (κ2) is 6.81. The van der Waals surface area contributed by atoms with E-state index in [9.17, 15) is 0 Å². The van der Waals surface area contributed by atoms with Crippen LogP contribution in [-0.4, -0.2) is 16.2 Å². The van der Waals surface area contributed by atoms with Crippen LogP contribution in [0, 0.1) is 6.92 Å². The summed E-state index contributed by atoms with van der Waals surface area (Å²) < 4.78 is 6.72. The van der Waals surface area contributed by atoms with Gasteiger partial charge >= 0.3 is 0 Å². The van der Waals surface area contributed by atoms with Gasteiger partial charge in [-0.2, -0.15) is 5.10 Å². The lowest BCUT2D eigenvalue weighted by molar-refractivity contribution is 0.449. The molecule has 1 aromatic carbocycles. The largest absolute Gasteiger partial charge is 0.437 e. The molecule has 0 saturated carbocycles. The summed E-state index contributed by atoms with van der Waals surface area (Å²) in [6, 6.07) is 10.1. The molecule has 1 heterocycles. The molecule has 106 valence electrons. The maximum absolute atomic E-state index is 5.75. The van der Waals surface area contributed by atoms with Crippen LogP contribution in [0.1, 0.15) is 25.1 Å². The van der Waals surface area contributed by atoms with Crippen LogP contribution in [-0.2, 0) is 6.54 Å². The molecular formula is C15H18BrN3O. The summed E-state index contributed by atoms with van der Waals surface area (Å²) in [5.41, 5.74) is 1.96. The van der Waals surface area contributed by atoms with Crippen LogP contribution in [0.3, 0.4) is 0 Å². The Bertz CT molecular complexity index is 570. The number of nitrogens with zero attached hydrogens (tertiary/aromatic N) is 2. The highest BCUT2D eigenvalue weighted by Gasteiger charge is 2.05. The lowest BCUT2D eigenvalue weighted by Crippen LogP contribution is -2.22. The first-order valence-corrected chi connectivity index (χ1v) is 7.34. The number of ether oxygens (including phenoxy) is 1. The molecule has 2 rings (SSSR count). The smallest absolute Gasteiger partial charge is 0.238 e. The molecule has 0 saturated heterocycles. The number of hydrogen-bond acceptors (Lipinski definition) is 4. The average molecular weight is 336 g/mol. The average Bonchev–Trinajstić information content (AvgIpc) is 2.42. The molecule has 1 aromatic heterocycles. The van der Waals surface area contributed by atoms with Crippen molar-refractivity contribution >= 4 is 15.9 Å². The Morgan fingerprint density at radius 3 is 2.65 bits per heavy atom. The highest BCUT2D eigenvalue weighted by molar-refractivity contribution is 9.10. The Kier molecular flexibility index (Phi) is 5.09. The first-order valence-electron chi connectivity index (χ1n) is 6.54. The molecule has 0 aliphatic carbocycles. The van der Waals surface area contributed by atoms with Crippen LogP contribution >= 0.6 is 15.9 Å². The maximum Gasteiger partial charge on any atom is 0.238 e. The molecule has 0 aliphatic rings. The second-order valence-corrected chi connectivity index (χ2v) is 5.83. The van der Waals surface area contributed by atoms with E-state index in [2.05, 4.69) is 45.3 Å². The van der Waals surface area contributed by atoms with Crippen LogP contribution in [0.15, 0.2) is 34.8 Å². The van der Waals surface area contributed by atoms with Crippen molar-refractivity contribution in [1.29, 1.82) is 0 Å². The van der Waals surface area contributed by atoms with Crippen molar-refractivity contribution in [1.82, 2.24) is 15.5 Å². The van der Waals surface area contributed by atoms with Crippen LogP contribution in [0.5, 0.6) is 11.6 Å². The Morgan fingerprint density at radius 1 is 1.20 bits per heavy atom. The predicted octanol–water partition coefficient (Wildman–Crippen LogP) is 3.84. The summed E-state index contributed by atoms with van der Waals surface area (Å²) in [6.45, 7) is 6.90. The number of aromatic nitrogens is 2. The zero-order valence-electron chi connectivity index (χ0n) is 11.9. The molecule has 1 N–H and O–H groups in total. The first-order chi connectivity index (χ1) is 9.54. The van der Waals surface area contributed by atoms with E-state index in [4.69, 9.17) is 4.74 Å². The molecule has 0 unspecified atom stereocenters. The zero-order valence-corrected chi connectivity index (χ0v) is 13.4. The van der Waals surface area contributed by atoms with Crippen LogP contribution in [0.25, 0.3) is 0 Å². The molecule has 0 fully saturated rings. The standard InChI is InChI=1S/C15H18BrN3O/c1-10(2)17-9-13-6-7-15(19-18-13)20-14-8-12(16)5-4-11(14)3/h4-8,10,17H,9H2,1-3H3. The number of halogens is 1. The monoisotopic (exact) mass is 335 g/mol. The van der Waals surface area contributed by atoms with E-state index in [1.54, 1.807) is 0 Å². The maximum atomic E-state index is 5.75. The molecule has 0 spiro atoms. The Labute approximate surface area is 127 Å². The number of benzene rings is 1. The fourth-order valence-corrected chi connectivity index (χ4v) is 1.94. The van der Waals surface area contributed by atoms with E-state index in [0.29, 0.717) is 18.5 Å². The minimum atomic E-state index is 0.428. The first kappa shape index (κ1) is 14.9.